The fourth-order valence-electron chi connectivity index (χ4n) is 3.23. The summed E-state index contributed by atoms with van der Waals surface area (Å²) < 4.78 is 0. The number of benzene rings is 1. The Hall–Kier alpha value is -1.08. The Morgan fingerprint density at radius 1 is 1.06 bits per heavy atom. The third-order valence-corrected chi connectivity index (χ3v) is 4.37. The van der Waals surface area contributed by atoms with Gasteiger partial charge in [-0.25, -0.2) is 0 Å². The average molecular weight is 241 g/mol. The van der Waals surface area contributed by atoms with Gasteiger partial charge in [-0.05, 0) is 62.1 Å². The Morgan fingerprint density at radius 2 is 1.78 bits per heavy atom. The van der Waals surface area contributed by atoms with E-state index in [1.165, 1.54) is 44.1 Å². The normalized spacial score (nSPS) is 20.9. The van der Waals surface area contributed by atoms with Gasteiger partial charge in [0.1, 0.15) is 0 Å². The highest BCUT2D eigenvalue weighted by atomic mass is 14.9. The van der Waals surface area contributed by atoms with Crippen molar-refractivity contribution >= 4 is 0 Å². The van der Waals surface area contributed by atoms with Gasteiger partial charge < -0.3 is 5.32 Å². The van der Waals surface area contributed by atoms with Gasteiger partial charge in [-0.1, -0.05) is 30.4 Å². The smallest absolute Gasteiger partial charge is 0.0294 e. The molecule has 1 N–H and O–H groups in total. The van der Waals surface area contributed by atoms with E-state index < -0.39 is 0 Å². The van der Waals surface area contributed by atoms with Crippen LogP contribution >= 0.6 is 0 Å². The molecule has 1 aromatic rings. The van der Waals surface area contributed by atoms with E-state index in [1.54, 1.807) is 11.1 Å². The van der Waals surface area contributed by atoms with Gasteiger partial charge in [-0.2, -0.15) is 0 Å². The Labute approximate surface area is 110 Å². The molecule has 0 fully saturated rings. The van der Waals surface area contributed by atoms with Crippen molar-refractivity contribution in [3.63, 3.8) is 0 Å². The van der Waals surface area contributed by atoms with Crippen LogP contribution in [-0.2, 0) is 12.8 Å². The molecular formula is C17H23N. The lowest BCUT2D eigenvalue weighted by atomic mass is 9.89. The summed E-state index contributed by atoms with van der Waals surface area (Å²) in [4.78, 5) is 0. The summed E-state index contributed by atoms with van der Waals surface area (Å²) in [6.45, 7) is 2.29. The first kappa shape index (κ1) is 12.0. The van der Waals surface area contributed by atoms with Crippen molar-refractivity contribution in [2.45, 2.75) is 57.5 Å². The lowest BCUT2D eigenvalue weighted by Crippen LogP contribution is -2.29. The van der Waals surface area contributed by atoms with Gasteiger partial charge in [-0.15, -0.1) is 0 Å². The number of rotatable bonds is 3. The second-order valence-corrected chi connectivity index (χ2v) is 5.76. The summed E-state index contributed by atoms with van der Waals surface area (Å²) >= 11 is 0. The van der Waals surface area contributed by atoms with E-state index in [9.17, 15) is 0 Å². The summed E-state index contributed by atoms with van der Waals surface area (Å²) in [6.07, 6.45) is 12.3. The molecule has 1 aromatic carbocycles. The molecule has 1 atom stereocenters. The largest absolute Gasteiger partial charge is 0.307 e. The van der Waals surface area contributed by atoms with Gasteiger partial charge in [0.2, 0.25) is 0 Å². The highest BCUT2D eigenvalue weighted by Gasteiger charge is 2.16. The zero-order valence-corrected chi connectivity index (χ0v) is 11.3. The van der Waals surface area contributed by atoms with Crippen LogP contribution < -0.4 is 5.32 Å². The Kier molecular flexibility index (Phi) is 3.51. The van der Waals surface area contributed by atoms with Crippen LogP contribution in [0.2, 0.25) is 0 Å². The summed E-state index contributed by atoms with van der Waals surface area (Å²) in [5, 5.41) is 3.74. The maximum absolute atomic E-state index is 3.74. The standard InChI is InChI=1S/C17H23N/c1-13(18-17-8-4-5-9-17)15-11-10-14-6-2-3-7-16(14)12-15/h4-5,10-13,17-18H,2-3,6-9H2,1H3. The first-order chi connectivity index (χ1) is 8.83. The molecule has 2 aliphatic rings. The van der Waals surface area contributed by atoms with E-state index in [-0.39, 0.29) is 0 Å². The minimum atomic E-state index is 0.474. The number of aryl methyl sites for hydroxylation is 2. The molecule has 18 heavy (non-hydrogen) atoms. The van der Waals surface area contributed by atoms with E-state index in [0.29, 0.717) is 12.1 Å². The molecule has 96 valence electrons. The molecule has 0 aliphatic heterocycles. The zero-order chi connectivity index (χ0) is 12.4. The van der Waals surface area contributed by atoms with Crippen LogP contribution in [0.4, 0.5) is 0 Å². The van der Waals surface area contributed by atoms with Crippen LogP contribution in [0.25, 0.3) is 0 Å². The van der Waals surface area contributed by atoms with Crippen molar-refractivity contribution < 1.29 is 0 Å². The summed E-state index contributed by atoms with van der Waals surface area (Å²) in [5.41, 5.74) is 4.64. The van der Waals surface area contributed by atoms with Crippen LogP contribution in [0.5, 0.6) is 0 Å². The topological polar surface area (TPSA) is 12.0 Å². The SMILES string of the molecule is CC(NC1CC=CC1)c1ccc2c(c1)CCCC2. The quantitative estimate of drug-likeness (QED) is 0.791. The molecule has 0 aromatic heterocycles. The molecule has 1 heteroatoms. The Bertz CT molecular complexity index is 439. The molecule has 0 saturated heterocycles. The van der Waals surface area contributed by atoms with Crippen molar-refractivity contribution in [1.82, 2.24) is 5.32 Å². The number of hydrogen-bond donors (Lipinski definition) is 1. The van der Waals surface area contributed by atoms with Crippen LogP contribution in [0.3, 0.4) is 0 Å². The maximum atomic E-state index is 3.74. The van der Waals surface area contributed by atoms with Crippen molar-refractivity contribution in [3.05, 3.63) is 47.0 Å². The Morgan fingerprint density at radius 3 is 2.56 bits per heavy atom. The fourth-order valence-corrected chi connectivity index (χ4v) is 3.23. The lowest BCUT2D eigenvalue weighted by molar-refractivity contribution is 0.471. The number of nitrogens with one attached hydrogen (secondary N) is 1. The van der Waals surface area contributed by atoms with E-state index in [2.05, 4.69) is 42.6 Å². The average Bonchev–Trinajstić information content (AvgIpc) is 2.91. The van der Waals surface area contributed by atoms with Crippen LogP contribution in [0, 0.1) is 0 Å². The second kappa shape index (κ2) is 5.27. The molecular weight excluding hydrogens is 218 g/mol. The molecule has 0 spiro atoms. The minimum absolute atomic E-state index is 0.474. The van der Waals surface area contributed by atoms with Gasteiger partial charge in [0.15, 0.2) is 0 Å². The molecule has 2 aliphatic carbocycles. The first-order valence-corrected chi connectivity index (χ1v) is 7.35. The van der Waals surface area contributed by atoms with Gasteiger partial charge in [0, 0.05) is 12.1 Å². The predicted molar refractivity (Wildman–Crippen MR) is 76.8 cm³/mol. The van der Waals surface area contributed by atoms with E-state index in [1.807, 2.05) is 0 Å². The Balaban J connectivity index is 1.71. The molecule has 1 unspecified atom stereocenters. The third kappa shape index (κ3) is 2.51. The highest BCUT2D eigenvalue weighted by Crippen LogP contribution is 2.25. The third-order valence-electron chi connectivity index (χ3n) is 4.37. The summed E-state index contributed by atoms with van der Waals surface area (Å²) in [7, 11) is 0. The molecule has 0 bridgehead atoms. The second-order valence-electron chi connectivity index (χ2n) is 5.76. The number of hydrogen-bond acceptors (Lipinski definition) is 1. The van der Waals surface area contributed by atoms with Crippen molar-refractivity contribution in [1.29, 1.82) is 0 Å². The molecule has 0 saturated carbocycles. The predicted octanol–water partition coefficient (Wildman–Crippen LogP) is 3.93. The summed E-state index contributed by atoms with van der Waals surface area (Å²) in [6, 6.07) is 8.24. The zero-order valence-electron chi connectivity index (χ0n) is 11.3. The van der Waals surface area contributed by atoms with Crippen molar-refractivity contribution in [2.75, 3.05) is 0 Å². The summed E-state index contributed by atoms with van der Waals surface area (Å²) in [5.74, 6) is 0. The highest BCUT2D eigenvalue weighted by molar-refractivity contribution is 5.35. The van der Waals surface area contributed by atoms with Gasteiger partial charge in [-0.3, -0.25) is 0 Å². The van der Waals surface area contributed by atoms with Crippen molar-refractivity contribution in [3.8, 4) is 0 Å². The molecule has 0 amide bonds. The van der Waals surface area contributed by atoms with E-state index in [0.717, 1.165) is 0 Å². The van der Waals surface area contributed by atoms with Crippen LogP contribution in [0.15, 0.2) is 30.4 Å². The first-order valence-electron chi connectivity index (χ1n) is 7.35. The van der Waals surface area contributed by atoms with Gasteiger partial charge >= 0.3 is 0 Å². The molecule has 3 rings (SSSR count). The molecule has 1 nitrogen and oxygen atoms in total. The lowest BCUT2D eigenvalue weighted by Gasteiger charge is -2.22. The molecule has 0 radical (unpaired) electrons. The van der Waals surface area contributed by atoms with Crippen LogP contribution in [-0.4, -0.2) is 6.04 Å². The van der Waals surface area contributed by atoms with E-state index >= 15 is 0 Å². The molecule has 0 heterocycles. The van der Waals surface area contributed by atoms with Crippen molar-refractivity contribution in [2.24, 2.45) is 0 Å². The minimum Gasteiger partial charge on any atom is -0.307 e. The number of fused-ring (bicyclic) bond motifs is 1. The maximum Gasteiger partial charge on any atom is 0.0294 e. The van der Waals surface area contributed by atoms with Gasteiger partial charge in [0.25, 0.3) is 0 Å². The van der Waals surface area contributed by atoms with E-state index in [4.69, 9.17) is 0 Å². The fraction of sp³-hybridized carbons (Fsp3) is 0.529. The van der Waals surface area contributed by atoms with Crippen LogP contribution in [0.1, 0.15) is 55.3 Å². The van der Waals surface area contributed by atoms with Gasteiger partial charge in [0.05, 0.1) is 0 Å². The monoisotopic (exact) mass is 241 g/mol.